The van der Waals surface area contributed by atoms with Crippen molar-refractivity contribution in [3.8, 4) is 16.9 Å². The summed E-state index contributed by atoms with van der Waals surface area (Å²) in [5.41, 5.74) is 2.34. The van der Waals surface area contributed by atoms with Crippen LogP contribution >= 0.6 is 24.0 Å². The third kappa shape index (κ3) is 5.52. The van der Waals surface area contributed by atoms with Crippen LogP contribution in [0.2, 0.25) is 0 Å². The first-order valence-corrected chi connectivity index (χ1v) is 14.0. The van der Waals surface area contributed by atoms with E-state index in [1.165, 1.54) is 4.31 Å². The molecule has 1 amide bonds. The highest BCUT2D eigenvalue weighted by Crippen LogP contribution is 2.35. The topological polar surface area (TPSA) is 113 Å². The molecular weight excluding hydrogens is 532 g/mol. The van der Waals surface area contributed by atoms with Gasteiger partial charge in [-0.15, -0.1) is 0 Å². The van der Waals surface area contributed by atoms with E-state index in [0.29, 0.717) is 29.9 Å². The number of amides is 1. The van der Waals surface area contributed by atoms with Crippen LogP contribution in [0.4, 0.5) is 0 Å². The summed E-state index contributed by atoms with van der Waals surface area (Å²) in [5.74, 6) is -1.67. The number of aromatic nitrogens is 2. The maximum atomic E-state index is 13.1. The lowest BCUT2D eigenvalue weighted by Gasteiger charge is -2.18. The molecule has 1 aromatic heterocycles. The maximum Gasteiger partial charge on any atom is 0.323 e. The van der Waals surface area contributed by atoms with E-state index in [0.717, 1.165) is 22.3 Å². The van der Waals surface area contributed by atoms with Crippen molar-refractivity contribution in [3.63, 3.8) is 0 Å². The molecule has 0 atom stereocenters. The maximum absolute atomic E-state index is 13.1. The molecule has 1 fully saturated rings. The highest BCUT2D eigenvalue weighted by molar-refractivity contribution is 8.26. The minimum absolute atomic E-state index is 0.140. The zero-order chi connectivity index (χ0) is 26.7. The summed E-state index contributed by atoms with van der Waals surface area (Å²) in [6.07, 6.45) is 3.34. The zero-order valence-corrected chi connectivity index (χ0v) is 22.5. The van der Waals surface area contributed by atoms with Crippen molar-refractivity contribution in [1.82, 2.24) is 19.0 Å². The second-order valence-electron chi connectivity index (χ2n) is 7.99. The molecule has 2 aromatic carbocycles. The predicted molar refractivity (Wildman–Crippen MR) is 147 cm³/mol. The number of thiocarbonyl (C=S) groups is 1. The molecule has 2 heterocycles. The van der Waals surface area contributed by atoms with E-state index in [-0.39, 0.29) is 14.1 Å². The minimum Gasteiger partial charge on any atom is -0.480 e. The number of carboxylic acid groups (broad SMARTS) is 1. The van der Waals surface area contributed by atoms with Crippen molar-refractivity contribution in [2.24, 2.45) is 0 Å². The molecule has 192 valence electrons. The van der Waals surface area contributed by atoms with Gasteiger partial charge in [0.15, 0.2) is 0 Å². The van der Waals surface area contributed by atoms with Gasteiger partial charge in [0.2, 0.25) is 10.0 Å². The molecule has 1 aliphatic rings. The number of carbonyl (C=O) groups is 2. The summed E-state index contributed by atoms with van der Waals surface area (Å²) in [6, 6.07) is 15.9. The first kappa shape index (κ1) is 26.7. The molecule has 4 rings (SSSR count). The number of benzene rings is 2. The molecule has 9 nitrogen and oxygen atoms in total. The van der Waals surface area contributed by atoms with Crippen LogP contribution in [0, 0.1) is 0 Å². The monoisotopic (exact) mass is 556 g/mol. The molecule has 1 N–H and O–H groups in total. The number of thioether (sulfide) groups is 1. The van der Waals surface area contributed by atoms with Crippen LogP contribution in [0.15, 0.2) is 70.6 Å². The Labute approximate surface area is 224 Å². The van der Waals surface area contributed by atoms with Crippen LogP contribution < -0.4 is 0 Å². The summed E-state index contributed by atoms with van der Waals surface area (Å²) in [5, 5.41) is 13.8. The SMILES string of the molecule is CCN(CC)S(=O)(=O)c1cccc(-c2nn(-c3ccccc3)cc2/C=C2\SC(=S)N(CC(=O)O)C2=O)c1. The van der Waals surface area contributed by atoms with Crippen molar-refractivity contribution in [1.29, 1.82) is 0 Å². The first-order valence-electron chi connectivity index (χ1n) is 11.4. The largest absolute Gasteiger partial charge is 0.480 e. The highest BCUT2D eigenvalue weighted by atomic mass is 32.2. The Morgan fingerprint density at radius 2 is 1.84 bits per heavy atom. The molecule has 37 heavy (non-hydrogen) atoms. The van der Waals surface area contributed by atoms with Crippen molar-refractivity contribution in [2.75, 3.05) is 19.6 Å². The van der Waals surface area contributed by atoms with Crippen molar-refractivity contribution in [3.05, 3.63) is 71.3 Å². The van der Waals surface area contributed by atoms with E-state index >= 15 is 0 Å². The molecular formula is C25H24N4O5S3. The van der Waals surface area contributed by atoms with Crippen LogP contribution in [0.3, 0.4) is 0 Å². The molecule has 0 spiro atoms. The number of aliphatic carboxylic acids is 1. The van der Waals surface area contributed by atoms with Gasteiger partial charge in [0.1, 0.15) is 16.6 Å². The second kappa shape index (κ2) is 11.0. The van der Waals surface area contributed by atoms with Gasteiger partial charge in [0.05, 0.1) is 15.5 Å². The number of para-hydroxylation sites is 1. The summed E-state index contributed by atoms with van der Waals surface area (Å²) < 4.78 is 29.5. The Hall–Kier alpha value is -3.32. The molecule has 0 radical (unpaired) electrons. The summed E-state index contributed by atoms with van der Waals surface area (Å²) in [7, 11) is -3.70. The number of hydrogen-bond acceptors (Lipinski definition) is 7. The standard InChI is InChI=1S/C25H24N4O5S3/c1-3-27(4-2)37(33,34)20-12-8-9-17(13-20)23-18(15-29(26-23)19-10-6-5-7-11-19)14-21-24(32)28(16-22(30)31)25(35)36-21/h5-15H,3-4,16H2,1-2H3,(H,30,31)/b21-14-. The van der Waals surface area contributed by atoms with E-state index in [9.17, 15) is 18.0 Å². The first-order chi connectivity index (χ1) is 17.6. The average molecular weight is 557 g/mol. The van der Waals surface area contributed by atoms with E-state index < -0.39 is 28.4 Å². The molecule has 0 aliphatic carbocycles. The summed E-state index contributed by atoms with van der Waals surface area (Å²) in [4.78, 5) is 25.5. The third-order valence-electron chi connectivity index (χ3n) is 5.67. The Morgan fingerprint density at radius 1 is 1.14 bits per heavy atom. The van der Waals surface area contributed by atoms with Crippen molar-refractivity contribution >= 4 is 56.3 Å². The second-order valence-corrected chi connectivity index (χ2v) is 11.6. The van der Waals surface area contributed by atoms with E-state index in [4.69, 9.17) is 22.4 Å². The molecule has 0 bridgehead atoms. The van der Waals surface area contributed by atoms with E-state index in [1.807, 2.05) is 30.3 Å². The van der Waals surface area contributed by atoms with Crippen LogP contribution in [-0.4, -0.2) is 68.3 Å². The van der Waals surface area contributed by atoms with E-state index in [2.05, 4.69) is 0 Å². The van der Waals surface area contributed by atoms with Gasteiger partial charge < -0.3 is 5.11 Å². The predicted octanol–water partition coefficient (Wildman–Crippen LogP) is 3.86. The Morgan fingerprint density at radius 3 is 2.49 bits per heavy atom. The summed E-state index contributed by atoms with van der Waals surface area (Å²) in [6.45, 7) is 3.73. The number of sulfonamides is 1. The van der Waals surface area contributed by atoms with Crippen LogP contribution in [0.5, 0.6) is 0 Å². The van der Waals surface area contributed by atoms with Crippen LogP contribution in [0.25, 0.3) is 23.0 Å². The van der Waals surface area contributed by atoms with Gasteiger partial charge in [-0.1, -0.05) is 68.2 Å². The fourth-order valence-corrected chi connectivity index (χ4v) is 6.61. The lowest BCUT2D eigenvalue weighted by Crippen LogP contribution is -2.33. The molecule has 1 saturated heterocycles. The number of nitrogens with zero attached hydrogens (tertiary/aromatic N) is 4. The van der Waals surface area contributed by atoms with Crippen LogP contribution in [-0.2, 0) is 19.6 Å². The van der Waals surface area contributed by atoms with Gasteiger partial charge >= 0.3 is 5.97 Å². The highest BCUT2D eigenvalue weighted by Gasteiger charge is 2.34. The smallest absolute Gasteiger partial charge is 0.323 e. The van der Waals surface area contributed by atoms with Gasteiger partial charge in [0, 0.05) is 30.4 Å². The molecule has 1 aliphatic heterocycles. The van der Waals surface area contributed by atoms with Gasteiger partial charge in [-0.05, 0) is 30.3 Å². The third-order valence-corrected chi connectivity index (χ3v) is 9.09. The number of carbonyl (C=O) groups excluding carboxylic acids is 1. The fraction of sp³-hybridized carbons (Fsp3) is 0.200. The number of hydrogen-bond donors (Lipinski definition) is 1. The quantitative estimate of drug-likeness (QED) is 0.312. The Bertz CT molecular complexity index is 1500. The molecule has 0 unspecified atom stereocenters. The van der Waals surface area contributed by atoms with Gasteiger partial charge in [-0.2, -0.15) is 9.40 Å². The van der Waals surface area contributed by atoms with E-state index in [1.54, 1.807) is 55.1 Å². The van der Waals surface area contributed by atoms with Gasteiger partial charge in [-0.25, -0.2) is 13.1 Å². The zero-order valence-electron chi connectivity index (χ0n) is 20.1. The number of carboxylic acids is 1. The fourth-order valence-electron chi connectivity index (χ4n) is 3.86. The molecule has 3 aromatic rings. The molecule has 12 heteroatoms. The normalized spacial score (nSPS) is 15.2. The lowest BCUT2D eigenvalue weighted by molar-refractivity contribution is -0.140. The average Bonchev–Trinajstić information content (AvgIpc) is 3.41. The molecule has 0 saturated carbocycles. The van der Waals surface area contributed by atoms with Crippen molar-refractivity contribution in [2.45, 2.75) is 18.7 Å². The van der Waals surface area contributed by atoms with Crippen LogP contribution in [0.1, 0.15) is 19.4 Å². The summed E-state index contributed by atoms with van der Waals surface area (Å²) >= 11 is 6.23. The minimum atomic E-state index is -3.70. The Kier molecular flexibility index (Phi) is 7.93. The van der Waals surface area contributed by atoms with Gasteiger partial charge in [0.25, 0.3) is 5.91 Å². The van der Waals surface area contributed by atoms with Gasteiger partial charge in [-0.3, -0.25) is 14.5 Å². The number of rotatable bonds is 9. The Balaban J connectivity index is 1.83. The lowest BCUT2D eigenvalue weighted by atomic mass is 10.1. The van der Waals surface area contributed by atoms with Crippen molar-refractivity contribution < 1.29 is 23.1 Å².